The maximum absolute atomic E-state index is 6.12. The lowest BCUT2D eigenvalue weighted by Gasteiger charge is -2.23. The molecule has 0 unspecified atom stereocenters. The fourth-order valence-electron chi connectivity index (χ4n) is 3.68. The number of nitrogens with zero attached hydrogens (tertiary/aromatic N) is 1. The van der Waals surface area contributed by atoms with Crippen molar-refractivity contribution >= 4 is 33.1 Å². The van der Waals surface area contributed by atoms with Gasteiger partial charge < -0.3 is 0 Å². The first-order valence-electron chi connectivity index (χ1n) is 9.07. The van der Waals surface area contributed by atoms with Crippen LogP contribution < -0.4 is 0 Å². The largest absolute Gasteiger partial charge is 0.294 e. The van der Waals surface area contributed by atoms with Crippen LogP contribution in [0.2, 0.25) is 0 Å². The Morgan fingerprint density at radius 1 is 0.577 bits per heavy atom. The number of hydrogen-bond donors (Lipinski definition) is 0. The van der Waals surface area contributed by atoms with Gasteiger partial charge in [0.1, 0.15) is 0 Å². The number of hydrogen-bond acceptors (Lipinski definition) is 1. The van der Waals surface area contributed by atoms with Gasteiger partial charge in [-0.25, -0.2) is 0 Å². The van der Waals surface area contributed by atoms with Gasteiger partial charge in [0.15, 0.2) is 0 Å². The predicted molar refractivity (Wildman–Crippen MR) is 113 cm³/mol. The van der Waals surface area contributed by atoms with E-state index < -0.39 is 0 Å². The van der Waals surface area contributed by atoms with Crippen LogP contribution in [0.3, 0.4) is 0 Å². The molecular weight excluding hydrogens is 338 g/mol. The number of fused-ring (bicyclic) bond motifs is 2. The first-order chi connectivity index (χ1) is 12.8. The Balaban J connectivity index is 1.65. The molecule has 0 radical (unpaired) electrons. The summed E-state index contributed by atoms with van der Waals surface area (Å²) in [6.07, 6.45) is 0. The standard InChI is InChI=1S/C24H22ClN/c25-15-16-26(17-21-11-5-9-19-7-1-3-13-23(19)21)18-22-12-6-10-20-8-2-4-14-24(20)22/h1-14H,15-18H2. The number of halogens is 1. The Morgan fingerprint density at radius 3 is 1.54 bits per heavy atom. The molecule has 0 aliphatic heterocycles. The van der Waals surface area contributed by atoms with Crippen LogP contribution in [-0.4, -0.2) is 17.3 Å². The van der Waals surface area contributed by atoms with E-state index in [0.717, 1.165) is 19.6 Å². The van der Waals surface area contributed by atoms with E-state index in [1.54, 1.807) is 0 Å². The zero-order valence-electron chi connectivity index (χ0n) is 14.7. The van der Waals surface area contributed by atoms with Gasteiger partial charge >= 0.3 is 0 Å². The summed E-state index contributed by atoms with van der Waals surface area (Å²) in [6.45, 7) is 2.67. The van der Waals surface area contributed by atoms with Crippen molar-refractivity contribution in [3.05, 3.63) is 96.1 Å². The third-order valence-corrected chi connectivity index (χ3v) is 5.12. The lowest BCUT2D eigenvalue weighted by atomic mass is 10.0. The maximum atomic E-state index is 6.12. The van der Waals surface area contributed by atoms with Gasteiger partial charge in [0.05, 0.1) is 0 Å². The molecule has 0 aromatic heterocycles. The van der Waals surface area contributed by atoms with Crippen molar-refractivity contribution < 1.29 is 0 Å². The van der Waals surface area contributed by atoms with Crippen LogP contribution in [-0.2, 0) is 13.1 Å². The molecule has 0 aliphatic rings. The molecule has 0 heterocycles. The molecule has 0 atom stereocenters. The molecule has 0 fully saturated rings. The van der Waals surface area contributed by atoms with E-state index in [0.29, 0.717) is 5.88 Å². The Hall–Kier alpha value is -2.35. The minimum Gasteiger partial charge on any atom is -0.294 e. The summed E-state index contributed by atoms with van der Waals surface area (Å²) in [5.41, 5.74) is 2.71. The number of alkyl halides is 1. The fourth-order valence-corrected chi connectivity index (χ4v) is 3.92. The van der Waals surface area contributed by atoms with Gasteiger partial charge in [0.25, 0.3) is 0 Å². The van der Waals surface area contributed by atoms with E-state index in [4.69, 9.17) is 11.6 Å². The quantitative estimate of drug-likeness (QED) is 0.368. The van der Waals surface area contributed by atoms with Gasteiger partial charge in [-0.05, 0) is 32.7 Å². The fraction of sp³-hybridized carbons (Fsp3) is 0.167. The van der Waals surface area contributed by atoms with Gasteiger partial charge in [-0.3, -0.25) is 4.90 Å². The highest BCUT2D eigenvalue weighted by Gasteiger charge is 2.11. The molecule has 0 bridgehead atoms. The Kier molecular flexibility index (Phi) is 5.19. The SMILES string of the molecule is ClCCN(Cc1cccc2ccccc12)Cc1cccc2ccccc12. The molecule has 26 heavy (non-hydrogen) atoms. The second-order valence-electron chi connectivity index (χ2n) is 6.68. The second kappa shape index (κ2) is 7.90. The highest BCUT2D eigenvalue weighted by molar-refractivity contribution is 6.18. The van der Waals surface area contributed by atoms with Crippen molar-refractivity contribution in [3.63, 3.8) is 0 Å². The summed E-state index contributed by atoms with van der Waals surface area (Å²) in [5, 5.41) is 5.24. The maximum Gasteiger partial charge on any atom is 0.0351 e. The van der Waals surface area contributed by atoms with Gasteiger partial charge in [-0.1, -0.05) is 84.9 Å². The van der Waals surface area contributed by atoms with E-state index in [1.807, 2.05) is 0 Å². The molecule has 0 N–H and O–H groups in total. The Labute approximate surface area is 159 Å². The molecule has 130 valence electrons. The summed E-state index contributed by atoms with van der Waals surface area (Å²) < 4.78 is 0. The highest BCUT2D eigenvalue weighted by Crippen LogP contribution is 2.23. The van der Waals surface area contributed by atoms with E-state index >= 15 is 0 Å². The summed E-state index contributed by atoms with van der Waals surface area (Å²) >= 11 is 6.12. The third-order valence-electron chi connectivity index (χ3n) is 4.95. The van der Waals surface area contributed by atoms with Crippen LogP contribution in [0, 0.1) is 0 Å². The lowest BCUT2D eigenvalue weighted by Crippen LogP contribution is -2.25. The number of rotatable bonds is 6. The molecular formula is C24H22ClN. The lowest BCUT2D eigenvalue weighted by molar-refractivity contribution is 0.275. The molecule has 4 rings (SSSR count). The highest BCUT2D eigenvalue weighted by atomic mass is 35.5. The minimum absolute atomic E-state index is 0.634. The van der Waals surface area contributed by atoms with Crippen LogP contribution in [0.4, 0.5) is 0 Å². The first-order valence-corrected chi connectivity index (χ1v) is 9.60. The molecule has 0 saturated carbocycles. The molecule has 1 nitrogen and oxygen atoms in total. The Bertz CT molecular complexity index is 933. The normalized spacial score (nSPS) is 11.5. The molecule has 2 heteroatoms. The van der Waals surface area contributed by atoms with E-state index in [9.17, 15) is 0 Å². The van der Waals surface area contributed by atoms with Crippen LogP contribution in [0.5, 0.6) is 0 Å². The van der Waals surface area contributed by atoms with Gasteiger partial charge in [-0.2, -0.15) is 0 Å². The third kappa shape index (κ3) is 3.60. The molecule has 0 aliphatic carbocycles. The minimum atomic E-state index is 0.634. The van der Waals surface area contributed by atoms with Gasteiger partial charge in [-0.15, -0.1) is 11.6 Å². The van der Waals surface area contributed by atoms with Crippen molar-refractivity contribution in [1.29, 1.82) is 0 Å². The van der Waals surface area contributed by atoms with Gasteiger partial charge in [0, 0.05) is 25.5 Å². The monoisotopic (exact) mass is 359 g/mol. The van der Waals surface area contributed by atoms with Crippen LogP contribution >= 0.6 is 11.6 Å². The zero-order valence-corrected chi connectivity index (χ0v) is 15.5. The number of benzene rings is 4. The average Bonchev–Trinajstić information content (AvgIpc) is 2.69. The summed E-state index contributed by atoms with van der Waals surface area (Å²) in [6, 6.07) is 30.3. The van der Waals surface area contributed by atoms with Crippen molar-refractivity contribution in [1.82, 2.24) is 4.90 Å². The van der Waals surface area contributed by atoms with E-state index in [1.165, 1.54) is 32.7 Å². The first kappa shape index (κ1) is 17.1. The smallest absolute Gasteiger partial charge is 0.0351 e. The summed E-state index contributed by atoms with van der Waals surface area (Å²) in [5.74, 6) is 0.634. The second-order valence-corrected chi connectivity index (χ2v) is 7.05. The van der Waals surface area contributed by atoms with Crippen molar-refractivity contribution in [2.45, 2.75) is 13.1 Å². The molecule has 4 aromatic carbocycles. The zero-order chi connectivity index (χ0) is 17.8. The van der Waals surface area contributed by atoms with Crippen molar-refractivity contribution in [2.24, 2.45) is 0 Å². The molecule has 0 amide bonds. The molecule has 0 spiro atoms. The van der Waals surface area contributed by atoms with Crippen LogP contribution in [0.15, 0.2) is 84.9 Å². The van der Waals surface area contributed by atoms with Crippen LogP contribution in [0.1, 0.15) is 11.1 Å². The van der Waals surface area contributed by atoms with E-state index in [2.05, 4.69) is 89.8 Å². The Morgan fingerprint density at radius 2 is 1.04 bits per heavy atom. The topological polar surface area (TPSA) is 3.24 Å². The van der Waals surface area contributed by atoms with Crippen molar-refractivity contribution in [3.8, 4) is 0 Å². The molecule has 0 saturated heterocycles. The van der Waals surface area contributed by atoms with E-state index in [-0.39, 0.29) is 0 Å². The summed E-state index contributed by atoms with van der Waals surface area (Å²) in [7, 11) is 0. The predicted octanol–water partition coefficient (Wildman–Crippen LogP) is 6.23. The average molecular weight is 360 g/mol. The van der Waals surface area contributed by atoms with Crippen molar-refractivity contribution in [2.75, 3.05) is 12.4 Å². The summed E-state index contributed by atoms with van der Waals surface area (Å²) in [4.78, 5) is 2.44. The van der Waals surface area contributed by atoms with Gasteiger partial charge in [0.2, 0.25) is 0 Å². The molecule has 4 aromatic rings. The van der Waals surface area contributed by atoms with Crippen LogP contribution in [0.25, 0.3) is 21.5 Å².